The number of imidazole rings is 1. The van der Waals surface area contributed by atoms with Gasteiger partial charge in [0.25, 0.3) is 5.56 Å². The zero-order valence-corrected chi connectivity index (χ0v) is 22.8. The highest BCUT2D eigenvalue weighted by atomic mass is 16.4. The zero-order chi connectivity index (χ0) is 29.4. The summed E-state index contributed by atoms with van der Waals surface area (Å²) in [6.45, 7) is 4.03. The second kappa shape index (κ2) is 10.8. The van der Waals surface area contributed by atoms with Crippen LogP contribution in [-0.4, -0.2) is 46.6 Å². The molecule has 0 fully saturated rings. The summed E-state index contributed by atoms with van der Waals surface area (Å²) in [5.74, 6) is -1.39. The molecule has 42 heavy (non-hydrogen) atoms. The number of nitrogens with zero attached hydrogens (tertiary/aromatic N) is 4. The van der Waals surface area contributed by atoms with Gasteiger partial charge in [0.1, 0.15) is 11.9 Å². The fourth-order valence-electron chi connectivity index (χ4n) is 5.27. The number of aliphatic carboxylic acids is 1. The van der Waals surface area contributed by atoms with Crippen LogP contribution >= 0.6 is 0 Å². The maximum Gasteiger partial charge on any atom is 0.334 e. The highest BCUT2D eigenvalue weighted by molar-refractivity contribution is 5.78. The summed E-state index contributed by atoms with van der Waals surface area (Å²) < 4.78 is 1.24. The molecule has 210 valence electrons. The molecule has 0 saturated carbocycles. The summed E-state index contributed by atoms with van der Waals surface area (Å²) in [5.41, 5.74) is 5.82. The number of hydrogen-bond donors (Lipinski definition) is 4. The summed E-state index contributed by atoms with van der Waals surface area (Å²) in [7, 11) is 0. The number of fused-ring (bicyclic) bond motifs is 2. The van der Waals surface area contributed by atoms with Gasteiger partial charge in [-0.05, 0) is 36.1 Å². The van der Waals surface area contributed by atoms with Gasteiger partial charge in [-0.3, -0.25) is 14.3 Å². The Hall–Kier alpha value is -5.58. The minimum absolute atomic E-state index is 0.0133. The van der Waals surface area contributed by atoms with Gasteiger partial charge in [-0.25, -0.2) is 19.6 Å². The number of aromatic amines is 2. The average molecular weight is 562 g/mol. The highest BCUT2D eigenvalue weighted by Crippen LogP contribution is 2.38. The third-order valence-corrected chi connectivity index (χ3v) is 7.30. The molecule has 1 aliphatic rings. The molecule has 1 aliphatic carbocycles. The van der Waals surface area contributed by atoms with Crippen molar-refractivity contribution in [2.24, 2.45) is 0 Å². The fraction of sp³-hybridized carbons (Fsp3) is 0.161. The van der Waals surface area contributed by atoms with Crippen molar-refractivity contribution in [2.75, 3.05) is 5.32 Å². The van der Waals surface area contributed by atoms with Crippen LogP contribution in [0.1, 0.15) is 50.6 Å². The molecule has 2 aromatic carbocycles. The van der Waals surface area contributed by atoms with E-state index in [0.29, 0.717) is 11.3 Å². The van der Waals surface area contributed by atoms with Crippen molar-refractivity contribution < 1.29 is 9.90 Å². The number of hydrogen-bond acceptors (Lipinski definition) is 7. The molecule has 1 atom stereocenters. The monoisotopic (exact) mass is 561 g/mol. The first-order valence-corrected chi connectivity index (χ1v) is 13.3. The number of aryl methyl sites for hydroxylation is 2. The molecule has 0 bridgehead atoms. The standard InChI is InChI=1S/C31H27N7O4/c1-17-3-7-22-19(11-17)5-6-20-12-18(2)4-8-23(20)27(22)24-15-38(31(42)37-28(24)39)26-9-10-33-30(36-26)35-25(29(40)41)13-21-14-32-16-34-21/h3-12,14-16,25,27H,13H2,1-2H3,(H,32,34)(H,40,41)(H,33,35,36)(H,37,39,42)/t25-/m0/s1. The first-order chi connectivity index (χ1) is 20.3. The summed E-state index contributed by atoms with van der Waals surface area (Å²) in [4.78, 5) is 56.3. The fourth-order valence-corrected chi connectivity index (χ4v) is 5.27. The molecule has 11 nitrogen and oxygen atoms in total. The van der Waals surface area contributed by atoms with Crippen molar-refractivity contribution in [2.45, 2.75) is 32.2 Å². The van der Waals surface area contributed by atoms with E-state index < -0.39 is 29.2 Å². The number of H-pyrrole nitrogens is 2. The number of anilines is 1. The van der Waals surface area contributed by atoms with E-state index in [9.17, 15) is 19.5 Å². The Labute approximate surface area is 239 Å². The number of aromatic nitrogens is 6. The number of carboxylic acid groups (broad SMARTS) is 1. The normalized spacial score (nSPS) is 13.2. The van der Waals surface area contributed by atoms with Gasteiger partial charge in [0.2, 0.25) is 5.95 Å². The van der Waals surface area contributed by atoms with Crippen molar-refractivity contribution >= 4 is 24.1 Å². The molecule has 0 amide bonds. The van der Waals surface area contributed by atoms with Gasteiger partial charge < -0.3 is 15.4 Å². The molecule has 0 spiro atoms. The Morgan fingerprint density at radius 3 is 2.33 bits per heavy atom. The number of nitrogens with one attached hydrogen (secondary N) is 3. The van der Waals surface area contributed by atoms with E-state index in [2.05, 4.69) is 54.5 Å². The second-order valence-electron chi connectivity index (χ2n) is 10.3. The third kappa shape index (κ3) is 5.15. The van der Waals surface area contributed by atoms with Crippen molar-refractivity contribution in [1.29, 1.82) is 0 Å². The lowest BCUT2D eigenvalue weighted by molar-refractivity contribution is -0.137. The van der Waals surface area contributed by atoms with Gasteiger partial charge in [-0.1, -0.05) is 59.7 Å². The Bertz CT molecular complexity index is 1900. The van der Waals surface area contributed by atoms with Crippen LogP contribution in [0.15, 0.2) is 77.0 Å². The maximum atomic E-state index is 13.4. The third-order valence-electron chi connectivity index (χ3n) is 7.30. The lowest BCUT2D eigenvalue weighted by atomic mass is 9.82. The smallest absolute Gasteiger partial charge is 0.334 e. The van der Waals surface area contributed by atoms with Crippen LogP contribution in [0, 0.1) is 13.8 Å². The Morgan fingerprint density at radius 2 is 1.71 bits per heavy atom. The zero-order valence-electron chi connectivity index (χ0n) is 22.8. The topological polar surface area (TPSA) is 159 Å². The first-order valence-electron chi connectivity index (χ1n) is 13.3. The molecule has 0 radical (unpaired) electrons. The first kappa shape index (κ1) is 26.6. The second-order valence-corrected chi connectivity index (χ2v) is 10.3. The molecule has 5 aromatic rings. The van der Waals surface area contributed by atoms with Crippen LogP contribution in [0.3, 0.4) is 0 Å². The Morgan fingerprint density at radius 1 is 1.02 bits per heavy atom. The van der Waals surface area contributed by atoms with E-state index in [1.54, 1.807) is 0 Å². The van der Waals surface area contributed by atoms with Gasteiger partial charge >= 0.3 is 11.7 Å². The number of rotatable bonds is 7. The van der Waals surface area contributed by atoms with Crippen molar-refractivity contribution in [1.82, 2.24) is 29.5 Å². The minimum Gasteiger partial charge on any atom is -0.480 e. The molecule has 3 aromatic heterocycles. The highest BCUT2D eigenvalue weighted by Gasteiger charge is 2.27. The molecular formula is C31H27N7O4. The SMILES string of the molecule is Cc1ccc2c(c1)C=Cc1cc(C)ccc1C2c1cn(-c2ccnc(N[C@@H](Cc3cnc[nH]3)C(=O)O)n2)c(=O)[nH]c1=O. The summed E-state index contributed by atoms with van der Waals surface area (Å²) in [6, 6.07) is 12.7. The van der Waals surface area contributed by atoms with Crippen LogP contribution in [0.5, 0.6) is 0 Å². The van der Waals surface area contributed by atoms with Crippen LogP contribution in [-0.2, 0) is 11.2 Å². The van der Waals surface area contributed by atoms with E-state index in [-0.39, 0.29) is 18.2 Å². The number of carboxylic acids is 1. The number of carbonyl (C=O) groups is 1. The van der Waals surface area contributed by atoms with Crippen LogP contribution in [0.25, 0.3) is 18.0 Å². The Kier molecular flexibility index (Phi) is 6.83. The predicted molar refractivity (Wildman–Crippen MR) is 158 cm³/mol. The predicted octanol–water partition coefficient (Wildman–Crippen LogP) is 3.43. The average Bonchev–Trinajstić information content (AvgIpc) is 3.42. The molecule has 0 aliphatic heterocycles. The molecule has 6 rings (SSSR count). The van der Waals surface area contributed by atoms with Gasteiger partial charge in [0, 0.05) is 48.3 Å². The molecule has 3 heterocycles. The van der Waals surface area contributed by atoms with E-state index in [0.717, 1.165) is 33.4 Å². The van der Waals surface area contributed by atoms with Crippen molar-refractivity contribution in [3.05, 3.63) is 133 Å². The maximum absolute atomic E-state index is 13.4. The molecule has 4 N–H and O–H groups in total. The molecule has 11 heteroatoms. The number of benzene rings is 2. The summed E-state index contributed by atoms with van der Waals surface area (Å²) in [6.07, 6.45) is 10.1. The molecule has 0 saturated heterocycles. The van der Waals surface area contributed by atoms with Gasteiger partial charge in [0.15, 0.2) is 0 Å². The van der Waals surface area contributed by atoms with E-state index in [1.807, 2.05) is 38.1 Å². The summed E-state index contributed by atoms with van der Waals surface area (Å²) >= 11 is 0. The lowest BCUT2D eigenvalue weighted by Gasteiger charge is -2.21. The molecule has 0 unspecified atom stereocenters. The van der Waals surface area contributed by atoms with Gasteiger partial charge in [-0.15, -0.1) is 0 Å². The lowest BCUT2D eigenvalue weighted by Crippen LogP contribution is -2.34. The minimum atomic E-state index is -1.10. The van der Waals surface area contributed by atoms with E-state index >= 15 is 0 Å². The van der Waals surface area contributed by atoms with Crippen LogP contribution < -0.4 is 16.6 Å². The van der Waals surface area contributed by atoms with E-state index in [1.165, 1.54) is 35.6 Å². The van der Waals surface area contributed by atoms with Crippen molar-refractivity contribution in [3.63, 3.8) is 0 Å². The van der Waals surface area contributed by atoms with Crippen LogP contribution in [0.2, 0.25) is 0 Å². The summed E-state index contributed by atoms with van der Waals surface area (Å²) in [5, 5.41) is 12.6. The largest absolute Gasteiger partial charge is 0.480 e. The van der Waals surface area contributed by atoms with Gasteiger partial charge in [0.05, 0.1) is 6.33 Å². The van der Waals surface area contributed by atoms with Crippen LogP contribution in [0.4, 0.5) is 5.95 Å². The van der Waals surface area contributed by atoms with Crippen molar-refractivity contribution in [3.8, 4) is 5.82 Å². The quantitative estimate of drug-likeness (QED) is 0.231. The van der Waals surface area contributed by atoms with Gasteiger partial charge in [-0.2, -0.15) is 4.98 Å². The Balaban J connectivity index is 1.44. The van der Waals surface area contributed by atoms with E-state index in [4.69, 9.17) is 0 Å². The molecular weight excluding hydrogens is 534 g/mol.